The van der Waals surface area contributed by atoms with Crippen LogP contribution in [0.5, 0.6) is 5.75 Å². The zero-order chi connectivity index (χ0) is 16.8. The minimum atomic E-state index is 0.0508. The van der Waals surface area contributed by atoms with Crippen molar-refractivity contribution in [2.75, 3.05) is 19.7 Å². The fourth-order valence-corrected chi connectivity index (χ4v) is 3.72. The van der Waals surface area contributed by atoms with E-state index in [1.165, 1.54) is 32.1 Å². The summed E-state index contributed by atoms with van der Waals surface area (Å²) in [4.78, 5) is 12.4. The highest BCUT2D eigenvalue weighted by Gasteiger charge is 2.18. The lowest BCUT2D eigenvalue weighted by molar-refractivity contribution is 0.0927. The third kappa shape index (κ3) is 4.73. The Labute approximate surface area is 145 Å². The SMILES string of the molecule is Cc1cc(C(=O)NC2CCCCC2)ccc1OCC1CCNCC1. The molecule has 1 aliphatic carbocycles. The van der Waals surface area contributed by atoms with Gasteiger partial charge < -0.3 is 15.4 Å². The summed E-state index contributed by atoms with van der Waals surface area (Å²) in [5.74, 6) is 1.59. The number of amides is 1. The molecule has 0 spiro atoms. The van der Waals surface area contributed by atoms with Crippen LogP contribution in [0.2, 0.25) is 0 Å². The lowest BCUT2D eigenvalue weighted by Crippen LogP contribution is -2.36. The van der Waals surface area contributed by atoms with Gasteiger partial charge in [-0.25, -0.2) is 0 Å². The summed E-state index contributed by atoms with van der Waals surface area (Å²) in [7, 11) is 0. The van der Waals surface area contributed by atoms with Crippen LogP contribution >= 0.6 is 0 Å². The van der Waals surface area contributed by atoms with Gasteiger partial charge in [0.05, 0.1) is 6.61 Å². The Morgan fingerprint density at radius 2 is 1.92 bits per heavy atom. The average Bonchev–Trinajstić information content (AvgIpc) is 2.62. The summed E-state index contributed by atoms with van der Waals surface area (Å²) in [6.07, 6.45) is 8.35. The summed E-state index contributed by atoms with van der Waals surface area (Å²) in [5, 5.41) is 6.56. The van der Waals surface area contributed by atoms with Gasteiger partial charge in [-0.3, -0.25) is 4.79 Å². The summed E-state index contributed by atoms with van der Waals surface area (Å²) in [6, 6.07) is 6.15. The maximum atomic E-state index is 12.4. The van der Waals surface area contributed by atoms with Crippen molar-refractivity contribution in [2.24, 2.45) is 5.92 Å². The van der Waals surface area contributed by atoms with Crippen molar-refractivity contribution in [3.63, 3.8) is 0 Å². The molecule has 2 aliphatic rings. The Hall–Kier alpha value is -1.55. The van der Waals surface area contributed by atoms with Gasteiger partial charge in [-0.05, 0) is 75.4 Å². The highest BCUT2D eigenvalue weighted by molar-refractivity contribution is 5.94. The number of piperidine rings is 1. The Morgan fingerprint density at radius 1 is 1.17 bits per heavy atom. The standard InChI is InChI=1S/C20H30N2O2/c1-15-13-17(20(23)22-18-5-3-2-4-6-18)7-8-19(15)24-14-16-9-11-21-12-10-16/h7-8,13,16,18,21H,2-6,9-12,14H2,1H3,(H,22,23). The van der Waals surface area contributed by atoms with E-state index in [0.717, 1.165) is 49.4 Å². The van der Waals surface area contributed by atoms with Gasteiger partial charge in [0.2, 0.25) is 0 Å². The molecule has 0 aromatic heterocycles. The van der Waals surface area contributed by atoms with Gasteiger partial charge in [0.15, 0.2) is 0 Å². The minimum Gasteiger partial charge on any atom is -0.493 e. The lowest BCUT2D eigenvalue weighted by Gasteiger charge is -2.24. The first-order valence-corrected chi connectivity index (χ1v) is 9.47. The molecule has 2 fully saturated rings. The van der Waals surface area contributed by atoms with Crippen molar-refractivity contribution in [1.82, 2.24) is 10.6 Å². The van der Waals surface area contributed by atoms with E-state index in [4.69, 9.17) is 4.74 Å². The zero-order valence-corrected chi connectivity index (χ0v) is 14.8. The van der Waals surface area contributed by atoms with E-state index in [1.54, 1.807) is 0 Å². The topological polar surface area (TPSA) is 50.4 Å². The highest BCUT2D eigenvalue weighted by atomic mass is 16.5. The number of nitrogens with one attached hydrogen (secondary N) is 2. The van der Waals surface area contributed by atoms with Crippen LogP contribution in [-0.2, 0) is 0 Å². The van der Waals surface area contributed by atoms with E-state index >= 15 is 0 Å². The smallest absolute Gasteiger partial charge is 0.251 e. The second-order valence-electron chi connectivity index (χ2n) is 7.29. The molecule has 0 radical (unpaired) electrons. The molecule has 2 N–H and O–H groups in total. The molecule has 1 amide bonds. The molecule has 132 valence electrons. The van der Waals surface area contributed by atoms with Crippen LogP contribution in [0.25, 0.3) is 0 Å². The molecular weight excluding hydrogens is 300 g/mol. The van der Waals surface area contributed by atoms with Gasteiger partial charge in [-0.1, -0.05) is 19.3 Å². The van der Waals surface area contributed by atoms with E-state index in [0.29, 0.717) is 12.0 Å². The predicted molar refractivity (Wildman–Crippen MR) is 96.6 cm³/mol. The van der Waals surface area contributed by atoms with Crippen molar-refractivity contribution in [1.29, 1.82) is 0 Å². The average molecular weight is 330 g/mol. The van der Waals surface area contributed by atoms with Crippen LogP contribution in [0.4, 0.5) is 0 Å². The third-order valence-corrected chi connectivity index (χ3v) is 5.31. The van der Waals surface area contributed by atoms with Crippen molar-refractivity contribution < 1.29 is 9.53 Å². The van der Waals surface area contributed by atoms with E-state index in [2.05, 4.69) is 10.6 Å². The summed E-state index contributed by atoms with van der Waals surface area (Å²) >= 11 is 0. The van der Waals surface area contributed by atoms with Crippen molar-refractivity contribution in [3.05, 3.63) is 29.3 Å². The monoisotopic (exact) mass is 330 g/mol. The predicted octanol–water partition coefficient (Wildman–Crippen LogP) is 3.44. The molecule has 4 nitrogen and oxygen atoms in total. The fraction of sp³-hybridized carbons (Fsp3) is 0.650. The van der Waals surface area contributed by atoms with Crippen LogP contribution < -0.4 is 15.4 Å². The molecular formula is C20H30N2O2. The molecule has 0 unspecified atom stereocenters. The molecule has 3 rings (SSSR count). The maximum absolute atomic E-state index is 12.4. The largest absolute Gasteiger partial charge is 0.493 e. The number of hydrogen-bond donors (Lipinski definition) is 2. The Morgan fingerprint density at radius 3 is 2.62 bits per heavy atom. The molecule has 1 saturated heterocycles. The second-order valence-corrected chi connectivity index (χ2v) is 7.29. The number of rotatable bonds is 5. The molecule has 1 aromatic rings. The van der Waals surface area contributed by atoms with E-state index in [1.807, 2.05) is 25.1 Å². The molecule has 0 atom stereocenters. The first-order chi connectivity index (χ1) is 11.7. The van der Waals surface area contributed by atoms with Gasteiger partial charge in [0, 0.05) is 11.6 Å². The fourth-order valence-electron chi connectivity index (χ4n) is 3.72. The number of hydrogen-bond acceptors (Lipinski definition) is 3. The first kappa shape index (κ1) is 17.3. The van der Waals surface area contributed by atoms with Gasteiger partial charge in [0.25, 0.3) is 5.91 Å². The highest BCUT2D eigenvalue weighted by Crippen LogP contribution is 2.22. The maximum Gasteiger partial charge on any atom is 0.251 e. The molecule has 1 aliphatic heterocycles. The van der Waals surface area contributed by atoms with Crippen molar-refractivity contribution >= 4 is 5.91 Å². The zero-order valence-electron chi connectivity index (χ0n) is 14.8. The second kappa shape index (κ2) is 8.52. The van der Waals surface area contributed by atoms with E-state index < -0.39 is 0 Å². The Balaban J connectivity index is 1.54. The summed E-state index contributed by atoms with van der Waals surface area (Å²) in [6.45, 7) is 4.98. The minimum absolute atomic E-state index is 0.0508. The number of carbonyl (C=O) groups excluding carboxylic acids is 1. The number of ether oxygens (including phenoxy) is 1. The van der Waals surface area contributed by atoms with Crippen molar-refractivity contribution in [3.8, 4) is 5.75 Å². The molecule has 1 heterocycles. The summed E-state index contributed by atoms with van der Waals surface area (Å²) in [5.41, 5.74) is 1.78. The normalized spacial score (nSPS) is 19.9. The first-order valence-electron chi connectivity index (χ1n) is 9.47. The van der Waals surface area contributed by atoms with Gasteiger partial charge >= 0.3 is 0 Å². The lowest BCUT2D eigenvalue weighted by atomic mass is 9.95. The van der Waals surface area contributed by atoms with Crippen molar-refractivity contribution in [2.45, 2.75) is 57.9 Å². The van der Waals surface area contributed by atoms with Crippen LogP contribution in [0.1, 0.15) is 60.9 Å². The van der Waals surface area contributed by atoms with Gasteiger partial charge in [0.1, 0.15) is 5.75 Å². The summed E-state index contributed by atoms with van der Waals surface area (Å²) < 4.78 is 6.00. The van der Waals surface area contributed by atoms with Crippen LogP contribution in [0, 0.1) is 12.8 Å². The molecule has 1 aromatic carbocycles. The van der Waals surface area contributed by atoms with Gasteiger partial charge in [-0.15, -0.1) is 0 Å². The van der Waals surface area contributed by atoms with E-state index in [9.17, 15) is 4.79 Å². The van der Waals surface area contributed by atoms with Crippen LogP contribution in [-0.4, -0.2) is 31.6 Å². The van der Waals surface area contributed by atoms with Crippen LogP contribution in [0.3, 0.4) is 0 Å². The number of aryl methyl sites for hydroxylation is 1. The van der Waals surface area contributed by atoms with E-state index in [-0.39, 0.29) is 5.91 Å². The molecule has 24 heavy (non-hydrogen) atoms. The quantitative estimate of drug-likeness (QED) is 0.869. The van der Waals surface area contributed by atoms with Crippen LogP contribution in [0.15, 0.2) is 18.2 Å². The molecule has 1 saturated carbocycles. The third-order valence-electron chi connectivity index (χ3n) is 5.31. The Kier molecular flexibility index (Phi) is 6.13. The van der Waals surface area contributed by atoms with Gasteiger partial charge in [-0.2, -0.15) is 0 Å². The molecule has 4 heteroatoms. The number of carbonyl (C=O) groups is 1. The number of benzene rings is 1. The Bertz CT molecular complexity index is 547. The molecule has 0 bridgehead atoms.